The smallest absolute Gasteiger partial charge is 0.256 e. The second kappa shape index (κ2) is 8.45. The summed E-state index contributed by atoms with van der Waals surface area (Å²) in [5.74, 6) is -0.423. The molecule has 0 aliphatic heterocycles. The van der Waals surface area contributed by atoms with E-state index < -0.39 is 0 Å². The standard InChI is InChI=1S/C18H20ClN3O2S/c19-15-9-5-4-8-14(15)17(24)22(13-6-2-1-3-7-13)12-16(23)21-18-20-10-11-25-18/h4-5,8-11,13H,1-3,6-7,12H2,(H,20,21,23). The lowest BCUT2D eigenvalue weighted by Gasteiger charge is -2.34. The van der Waals surface area contributed by atoms with E-state index in [4.69, 9.17) is 11.6 Å². The Morgan fingerprint density at radius 3 is 2.68 bits per heavy atom. The molecular weight excluding hydrogens is 358 g/mol. The molecule has 1 fully saturated rings. The zero-order valence-electron chi connectivity index (χ0n) is 13.8. The van der Waals surface area contributed by atoms with Gasteiger partial charge in [0.2, 0.25) is 5.91 Å². The number of anilines is 1. The summed E-state index contributed by atoms with van der Waals surface area (Å²) in [5, 5.41) is 5.50. The third-order valence-electron chi connectivity index (χ3n) is 4.37. The molecule has 0 bridgehead atoms. The van der Waals surface area contributed by atoms with E-state index >= 15 is 0 Å². The van der Waals surface area contributed by atoms with Gasteiger partial charge in [-0.2, -0.15) is 0 Å². The van der Waals surface area contributed by atoms with Gasteiger partial charge in [0.05, 0.1) is 10.6 Å². The van der Waals surface area contributed by atoms with Gasteiger partial charge >= 0.3 is 0 Å². The van der Waals surface area contributed by atoms with Crippen molar-refractivity contribution in [3.63, 3.8) is 0 Å². The fourth-order valence-corrected chi connectivity index (χ4v) is 3.91. The average molecular weight is 378 g/mol. The maximum Gasteiger partial charge on any atom is 0.256 e. The highest BCUT2D eigenvalue weighted by molar-refractivity contribution is 7.13. The van der Waals surface area contributed by atoms with Crippen LogP contribution in [-0.4, -0.2) is 34.3 Å². The van der Waals surface area contributed by atoms with Crippen LogP contribution in [0, 0.1) is 0 Å². The Hall–Kier alpha value is -1.92. The number of nitrogens with one attached hydrogen (secondary N) is 1. The van der Waals surface area contributed by atoms with E-state index in [1.807, 2.05) is 0 Å². The summed E-state index contributed by atoms with van der Waals surface area (Å²) in [4.78, 5) is 31.2. The lowest BCUT2D eigenvalue weighted by Crippen LogP contribution is -2.45. The largest absolute Gasteiger partial charge is 0.326 e. The highest BCUT2D eigenvalue weighted by Crippen LogP contribution is 2.26. The van der Waals surface area contributed by atoms with Gasteiger partial charge in [-0.1, -0.05) is 43.0 Å². The monoisotopic (exact) mass is 377 g/mol. The average Bonchev–Trinajstić information content (AvgIpc) is 3.13. The van der Waals surface area contributed by atoms with Gasteiger partial charge in [0.25, 0.3) is 5.91 Å². The van der Waals surface area contributed by atoms with Crippen LogP contribution in [0.4, 0.5) is 5.13 Å². The lowest BCUT2D eigenvalue weighted by atomic mass is 9.93. The maximum absolute atomic E-state index is 13.1. The second-order valence-electron chi connectivity index (χ2n) is 6.09. The van der Waals surface area contributed by atoms with Crippen LogP contribution in [0.5, 0.6) is 0 Å². The Balaban J connectivity index is 1.78. The summed E-state index contributed by atoms with van der Waals surface area (Å²) in [6, 6.07) is 7.05. The summed E-state index contributed by atoms with van der Waals surface area (Å²) >= 11 is 7.55. The highest BCUT2D eigenvalue weighted by Gasteiger charge is 2.29. The van der Waals surface area contributed by atoms with Crippen LogP contribution < -0.4 is 5.32 Å². The third-order valence-corrected chi connectivity index (χ3v) is 5.39. The molecule has 0 atom stereocenters. The van der Waals surface area contributed by atoms with E-state index in [0.717, 1.165) is 25.7 Å². The summed E-state index contributed by atoms with van der Waals surface area (Å²) in [7, 11) is 0. The van der Waals surface area contributed by atoms with Gasteiger partial charge in [-0.05, 0) is 25.0 Å². The van der Waals surface area contributed by atoms with Crippen LogP contribution in [0.1, 0.15) is 42.5 Å². The van der Waals surface area contributed by atoms with Crippen molar-refractivity contribution in [3.8, 4) is 0 Å². The van der Waals surface area contributed by atoms with Crippen LogP contribution in [0.2, 0.25) is 5.02 Å². The molecule has 5 nitrogen and oxygen atoms in total. The van der Waals surface area contributed by atoms with Crippen molar-refractivity contribution >= 4 is 39.9 Å². The minimum atomic E-state index is -0.235. The van der Waals surface area contributed by atoms with Crippen molar-refractivity contribution < 1.29 is 9.59 Å². The number of halogens is 1. The summed E-state index contributed by atoms with van der Waals surface area (Å²) in [6.07, 6.45) is 6.79. The number of carbonyl (C=O) groups is 2. The Morgan fingerprint density at radius 1 is 1.24 bits per heavy atom. The molecular formula is C18H20ClN3O2S. The van der Waals surface area contributed by atoms with E-state index in [-0.39, 0.29) is 24.4 Å². The molecule has 1 N–H and O–H groups in total. The van der Waals surface area contributed by atoms with E-state index in [1.54, 1.807) is 40.7 Å². The fourth-order valence-electron chi connectivity index (χ4n) is 3.15. The number of thiazole rings is 1. The Kier molecular flexibility index (Phi) is 6.04. The Morgan fingerprint density at radius 2 is 2.00 bits per heavy atom. The third kappa shape index (κ3) is 4.58. The first-order valence-corrected chi connectivity index (χ1v) is 9.66. The SMILES string of the molecule is O=C(CN(C(=O)c1ccccc1Cl)C1CCCCC1)Nc1nccs1. The lowest BCUT2D eigenvalue weighted by molar-refractivity contribution is -0.117. The number of rotatable bonds is 5. The van der Waals surface area contributed by atoms with E-state index in [1.165, 1.54) is 17.8 Å². The highest BCUT2D eigenvalue weighted by atomic mass is 35.5. The minimum absolute atomic E-state index is 0.00824. The minimum Gasteiger partial charge on any atom is -0.326 e. The Bertz CT molecular complexity index is 730. The predicted molar refractivity (Wildman–Crippen MR) is 100 cm³/mol. The first-order chi connectivity index (χ1) is 12.1. The zero-order chi connectivity index (χ0) is 17.6. The molecule has 0 radical (unpaired) electrons. The molecule has 0 unspecified atom stereocenters. The number of nitrogens with zero attached hydrogens (tertiary/aromatic N) is 2. The molecule has 1 aliphatic rings. The van der Waals surface area contributed by atoms with Crippen LogP contribution in [0.3, 0.4) is 0 Å². The van der Waals surface area contributed by atoms with Crippen LogP contribution >= 0.6 is 22.9 Å². The van der Waals surface area contributed by atoms with Crippen molar-refractivity contribution in [3.05, 3.63) is 46.4 Å². The second-order valence-corrected chi connectivity index (χ2v) is 7.39. The molecule has 0 saturated heterocycles. The van der Waals surface area contributed by atoms with Gasteiger partial charge < -0.3 is 10.2 Å². The quantitative estimate of drug-likeness (QED) is 0.848. The van der Waals surface area contributed by atoms with Crippen molar-refractivity contribution in [1.82, 2.24) is 9.88 Å². The summed E-state index contributed by atoms with van der Waals surface area (Å²) in [6.45, 7) is 0.00824. The molecule has 3 rings (SSSR count). The van der Waals surface area contributed by atoms with E-state index in [0.29, 0.717) is 15.7 Å². The first kappa shape index (κ1) is 17.9. The summed E-state index contributed by atoms with van der Waals surface area (Å²) in [5.41, 5.74) is 0.441. The molecule has 2 aromatic rings. The van der Waals surface area contributed by atoms with Gasteiger partial charge in [0.1, 0.15) is 6.54 Å². The normalized spacial score (nSPS) is 14.9. The molecule has 132 valence electrons. The Labute approximate surface area is 156 Å². The molecule has 7 heteroatoms. The number of benzene rings is 1. The van der Waals surface area contributed by atoms with Crippen molar-refractivity contribution in [2.24, 2.45) is 0 Å². The molecule has 1 heterocycles. The van der Waals surface area contributed by atoms with E-state index in [9.17, 15) is 9.59 Å². The maximum atomic E-state index is 13.1. The molecule has 1 saturated carbocycles. The summed E-state index contributed by atoms with van der Waals surface area (Å²) < 4.78 is 0. The fraction of sp³-hybridized carbons (Fsp3) is 0.389. The zero-order valence-corrected chi connectivity index (χ0v) is 15.4. The van der Waals surface area contributed by atoms with E-state index in [2.05, 4.69) is 10.3 Å². The van der Waals surface area contributed by atoms with Gasteiger partial charge in [-0.25, -0.2) is 4.98 Å². The number of hydrogen-bond donors (Lipinski definition) is 1. The van der Waals surface area contributed by atoms with Crippen molar-refractivity contribution in [2.75, 3.05) is 11.9 Å². The van der Waals surface area contributed by atoms with Gasteiger partial charge in [0.15, 0.2) is 5.13 Å². The predicted octanol–water partition coefficient (Wildman–Crippen LogP) is 4.21. The number of amides is 2. The van der Waals surface area contributed by atoms with Gasteiger partial charge in [-0.15, -0.1) is 11.3 Å². The van der Waals surface area contributed by atoms with Gasteiger partial charge in [-0.3, -0.25) is 9.59 Å². The molecule has 25 heavy (non-hydrogen) atoms. The van der Waals surface area contributed by atoms with Crippen LogP contribution in [0.15, 0.2) is 35.8 Å². The number of aromatic nitrogens is 1. The molecule has 0 spiro atoms. The van der Waals surface area contributed by atoms with Crippen LogP contribution in [0.25, 0.3) is 0 Å². The van der Waals surface area contributed by atoms with Crippen molar-refractivity contribution in [2.45, 2.75) is 38.1 Å². The molecule has 1 aliphatic carbocycles. The van der Waals surface area contributed by atoms with Crippen LogP contribution in [-0.2, 0) is 4.79 Å². The molecule has 1 aromatic heterocycles. The number of hydrogen-bond acceptors (Lipinski definition) is 4. The first-order valence-electron chi connectivity index (χ1n) is 8.40. The van der Waals surface area contributed by atoms with Crippen molar-refractivity contribution in [1.29, 1.82) is 0 Å². The van der Waals surface area contributed by atoms with Gasteiger partial charge in [0, 0.05) is 17.6 Å². The molecule has 2 amide bonds. The topological polar surface area (TPSA) is 62.3 Å². The molecule has 1 aromatic carbocycles. The number of carbonyl (C=O) groups excluding carboxylic acids is 2.